The third-order valence-electron chi connectivity index (χ3n) is 2.49. The van der Waals surface area contributed by atoms with E-state index in [2.05, 4.69) is 10.1 Å². The van der Waals surface area contributed by atoms with Crippen molar-refractivity contribution in [1.29, 1.82) is 0 Å². The summed E-state index contributed by atoms with van der Waals surface area (Å²) in [6.45, 7) is 5.01. The molecule has 0 radical (unpaired) electrons. The maximum atomic E-state index is 11.7. The molecule has 5 nitrogen and oxygen atoms in total. The number of anilines is 1. The van der Waals surface area contributed by atoms with Gasteiger partial charge in [-0.2, -0.15) is 0 Å². The topological polar surface area (TPSA) is 81.4 Å². The molecule has 0 aromatic heterocycles. The lowest BCUT2D eigenvalue weighted by atomic mass is 10.0. The Labute approximate surface area is 106 Å². The lowest BCUT2D eigenvalue weighted by Gasteiger charge is -2.18. The Kier molecular flexibility index (Phi) is 4.08. The van der Waals surface area contributed by atoms with Crippen molar-refractivity contribution in [1.82, 2.24) is 0 Å². The van der Waals surface area contributed by atoms with Gasteiger partial charge >= 0.3 is 5.97 Å². The number of hydrogen-bond donors (Lipinski definition) is 2. The van der Waals surface area contributed by atoms with E-state index in [0.29, 0.717) is 11.3 Å². The van der Waals surface area contributed by atoms with E-state index in [4.69, 9.17) is 5.73 Å². The highest BCUT2D eigenvalue weighted by Crippen LogP contribution is 2.17. The zero-order valence-electron chi connectivity index (χ0n) is 11.0. The lowest BCUT2D eigenvalue weighted by Crippen LogP contribution is -2.45. The van der Waals surface area contributed by atoms with Crippen LogP contribution in [0, 0.1) is 6.92 Å². The number of ether oxygens (including phenoxy) is 1. The number of hydrogen-bond acceptors (Lipinski definition) is 4. The monoisotopic (exact) mass is 250 g/mol. The number of methoxy groups -OCH3 is 1. The van der Waals surface area contributed by atoms with Crippen LogP contribution in [0.2, 0.25) is 0 Å². The van der Waals surface area contributed by atoms with Gasteiger partial charge in [-0.1, -0.05) is 6.07 Å². The molecule has 1 aromatic rings. The molecule has 5 heteroatoms. The van der Waals surface area contributed by atoms with E-state index >= 15 is 0 Å². The number of benzene rings is 1. The Hall–Kier alpha value is -1.88. The van der Waals surface area contributed by atoms with Crippen LogP contribution >= 0.6 is 0 Å². The Morgan fingerprint density at radius 1 is 1.33 bits per heavy atom. The first-order valence-electron chi connectivity index (χ1n) is 5.55. The summed E-state index contributed by atoms with van der Waals surface area (Å²) in [4.78, 5) is 23.2. The quantitative estimate of drug-likeness (QED) is 0.796. The van der Waals surface area contributed by atoms with E-state index < -0.39 is 11.5 Å². The normalized spacial score (nSPS) is 10.9. The second-order valence-electron chi connectivity index (χ2n) is 4.70. The second kappa shape index (κ2) is 5.18. The van der Waals surface area contributed by atoms with Gasteiger partial charge in [-0.3, -0.25) is 4.79 Å². The summed E-state index contributed by atoms with van der Waals surface area (Å²) in [5.41, 5.74) is 6.42. The highest BCUT2D eigenvalue weighted by Gasteiger charge is 2.22. The van der Waals surface area contributed by atoms with Crippen LogP contribution in [0.25, 0.3) is 0 Å². The van der Waals surface area contributed by atoms with Crippen molar-refractivity contribution in [2.45, 2.75) is 26.3 Å². The van der Waals surface area contributed by atoms with Gasteiger partial charge in [0.25, 0.3) is 0 Å². The molecule has 0 aliphatic heterocycles. The molecule has 0 unspecified atom stereocenters. The molecular formula is C13H18N2O3. The van der Waals surface area contributed by atoms with Crippen molar-refractivity contribution in [3.05, 3.63) is 29.3 Å². The van der Waals surface area contributed by atoms with Gasteiger partial charge in [0.2, 0.25) is 5.91 Å². The molecule has 0 fully saturated rings. The molecule has 1 amide bonds. The molecule has 0 saturated heterocycles. The molecule has 0 bridgehead atoms. The molecule has 0 atom stereocenters. The molecule has 0 saturated carbocycles. The Bertz CT molecular complexity index is 476. The number of carbonyl (C=O) groups excluding carboxylic acids is 2. The predicted octanol–water partition coefficient (Wildman–Crippen LogP) is 1.46. The third kappa shape index (κ3) is 3.30. The van der Waals surface area contributed by atoms with Crippen molar-refractivity contribution in [2.24, 2.45) is 5.73 Å². The summed E-state index contributed by atoms with van der Waals surface area (Å²) >= 11 is 0. The molecule has 98 valence electrons. The summed E-state index contributed by atoms with van der Waals surface area (Å²) in [5, 5.41) is 2.66. The molecule has 18 heavy (non-hydrogen) atoms. The van der Waals surface area contributed by atoms with Crippen LogP contribution in [-0.2, 0) is 9.53 Å². The number of nitrogens with two attached hydrogens (primary N) is 1. The van der Waals surface area contributed by atoms with Gasteiger partial charge in [0, 0.05) is 5.69 Å². The van der Waals surface area contributed by atoms with Crippen molar-refractivity contribution in [3.8, 4) is 0 Å². The Morgan fingerprint density at radius 2 is 1.94 bits per heavy atom. The summed E-state index contributed by atoms with van der Waals surface area (Å²) in [5.74, 6) is -0.752. The lowest BCUT2D eigenvalue weighted by molar-refractivity contribution is -0.120. The molecule has 0 aliphatic rings. The zero-order chi connectivity index (χ0) is 13.9. The summed E-state index contributed by atoms with van der Waals surface area (Å²) in [6.07, 6.45) is 0. The van der Waals surface area contributed by atoms with Crippen LogP contribution in [0.1, 0.15) is 29.8 Å². The number of carbonyl (C=O) groups is 2. The molecule has 0 aliphatic carbocycles. The summed E-state index contributed by atoms with van der Waals surface area (Å²) in [6, 6.07) is 5.03. The molecule has 0 spiro atoms. The zero-order valence-corrected chi connectivity index (χ0v) is 11.0. The Morgan fingerprint density at radius 3 is 2.44 bits per heavy atom. The van der Waals surface area contributed by atoms with Crippen LogP contribution in [-0.4, -0.2) is 24.5 Å². The van der Waals surface area contributed by atoms with Gasteiger partial charge in [-0.05, 0) is 38.5 Å². The molecule has 3 N–H and O–H groups in total. The minimum atomic E-state index is -0.976. The van der Waals surface area contributed by atoms with Crippen molar-refractivity contribution < 1.29 is 14.3 Å². The van der Waals surface area contributed by atoms with Crippen LogP contribution in [0.15, 0.2) is 18.2 Å². The van der Waals surface area contributed by atoms with E-state index in [0.717, 1.165) is 5.56 Å². The first kappa shape index (κ1) is 14.2. The third-order valence-corrected chi connectivity index (χ3v) is 2.49. The second-order valence-corrected chi connectivity index (χ2v) is 4.70. The largest absolute Gasteiger partial charge is 0.465 e. The van der Waals surface area contributed by atoms with E-state index in [9.17, 15) is 9.59 Å². The van der Waals surface area contributed by atoms with E-state index in [1.165, 1.54) is 7.11 Å². The van der Waals surface area contributed by atoms with Gasteiger partial charge in [0.15, 0.2) is 0 Å². The van der Waals surface area contributed by atoms with Gasteiger partial charge in [-0.25, -0.2) is 4.79 Å². The van der Waals surface area contributed by atoms with E-state index in [1.807, 2.05) is 0 Å². The summed E-state index contributed by atoms with van der Waals surface area (Å²) in [7, 11) is 1.32. The minimum absolute atomic E-state index is 0.317. The molecule has 0 heterocycles. The fourth-order valence-corrected chi connectivity index (χ4v) is 1.32. The SMILES string of the molecule is COC(=O)c1cc(NC(=O)C(C)(C)N)ccc1C. The number of nitrogens with one attached hydrogen (secondary N) is 1. The highest BCUT2D eigenvalue weighted by atomic mass is 16.5. The van der Waals surface area contributed by atoms with Gasteiger partial charge in [-0.15, -0.1) is 0 Å². The van der Waals surface area contributed by atoms with Crippen LogP contribution in [0.3, 0.4) is 0 Å². The summed E-state index contributed by atoms with van der Waals surface area (Å²) < 4.78 is 4.67. The van der Waals surface area contributed by atoms with Gasteiger partial charge in [0.1, 0.15) is 0 Å². The number of amides is 1. The van der Waals surface area contributed by atoms with Gasteiger partial charge in [0.05, 0.1) is 18.2 Å². The fourth-order valence-electron chi connectivity index (χ4n) is 1.32. The minimum Gasteiger partial charge on any atom is -0.465 e. The molecule has 1 rings (SSSR count). The average Bonchev–Trinajstić information content (AvgIpc) is 2.29. The Balaban J connectivity index is 2.99. The van der Waals surface area contributed by atoms with E-state index in [-0.39, 0.29) is 5.91 Å². The first-order chi connectivity index (χ1) is 8.25. The van der Waals surface area contributed by atoms with Crippen molar-refractivity contribution in [2.75, 3.05) is 12.4 Å². The number of esters is 1. The van der Waals surface area contributed by atoms with Crippen molar-refractivity contribution >= 4 is 17.6 Å². The van der Waals surface area contributed by atoms with Gasteiger partial charge < -0.3 is 15.8 Å². The van der Waals surface area contributed by atoms with Crippen LogP contribution in [0.5, 0.6) is 0 Å². The maximum absolute atomic E-state index is 11.7. The molecule has 1 aromatic carbocycles. The molecular weight excluding hydrogens is 232 g/mol. The average molecular weight is 250 g/mol. The standard InChI is InChI=1S/C13H18N2O3/c1-8-5-6-9(7-10(8)11(16)18-4)15-12(17)13(2,3)14/h5-7H,14H2,1-4H3,(H,15,17). The van der Waals surface area contributed by atoms with Crippen LogP contribution < -0.4 is 11.1 Å². The highest BCUT2D eigenvalue weighted by molar-refractivity contribution is 5.99. The number of rotatable bonds is 3. The van der Waals surface area contributed by atoms with Crippen molar-refractivity contribution in [3.63, 3.8) is 0 Å². The number of aryl methyl sites for hydroxylation is 1. The van der Waals surface area contributed by atoms with E-state index in [1.54, 1.807) is 39.0 Å². The predicted molar refractivity (Wildman–Crippen MR) is 69.4 cm³/mol. The smallest absolute Gasteiger partial charge is 0.338 e. The maximum Gasteiger partial charge on any atom is 0.338 e. The fraction of sp³-hybridized carbons (Fsp3) is 0.385. The first-order valence-corrected chi connectivity index (χ1v) is 5.55. The van der Waals surface area contributed by atoms with Crippen LogP contribution in [0.4, 0.5) is 5.69 Å².